The van der Waals surface area contributed by atoms with E-state index in [1.807, 2.05) is 11.8 Å². The van der Waals surface area contributed by atoms with E-state index in [0.717, 1.165) is 0 Å². The van der Waals surface area contributed by atoms with Crippen LogP contribution in [0.2, 0.25) is 0 Å². The van der Waals surface area contributed by atoms with Gasteiger partial charge in [-0.25, -0.2) is 9.18 Å². The number of piperazine rings is 1. The van der Waals surface area contributed by atoms with Crippen LogP contribution < -0.4 is 10.6 Å². The van der Waals surface area contributed by atoms with E-state index in [0.29, 0.717) is 36.7 Å². The van der Waals surface area contributed by atoms with E-state index in [1.165, 1.54) is 28.8 Å². The molecule has 1 amide bonds. The number of aliphatic hydroxyl groups excluding tert-OH is 1. The summed E-state index contributed by atoms with van der Waals surface area (Å²) in [5, 5.41) is 19.7. The zero-order valence-electron chi connectivity index (χ0n) is 19.7. The number of halogens is 2. The summed E-state index contributed by atoms with van der Waals surface area (Å²) in [5.74, 6) is -0.513. The molecule has 1 aromatic heterocycles. The van der Waals surface area contributed by atoms with Gasteiger partial charge in [0.15, 0.2) is 0 Å². The zero-order valence-corrected chi connectivity index (χ0v) is 20.4. The van der Waals surface area contributed by atoms with Crippen LogP contribution in [0.1, 0.15) is 29.8 Å². The molecule has 11 heteroatoms. The lowest BCUT2D eigenvalue weighted by molar-refractivity contribution is -0.126. The van der Waals surface area contributed by atoms with Crippen LogP contribution in [0.3, 0.4) is 0 Å². The van der Waals surface area contributed by atoms with Gasteiger partial charge in [0, 0.05) is 36.8 Å². The molecule has 36 heavy (non-hydrogen) atoms. The minimum atomic E-state index is -0.786. The van der Waals surface area contributed by atoms with Crippen LogP contribution in [-0.2, 0) is 16.0 Å². The zero-order chi connectivity index (χ0) is 25.7. The predicted octanol–water partition coefficient (Wildman–Crippen LogP) is 1.91. The number of hydrogen-bond acceptors (Lipinski definition) is 7. The average molecular weight is 517 g/mol. The number of aromatic hydroxyl groups is 1. The highest BCUT2D eigenvalue weighted by atomic mass is 35.5. The summed E-state index contributed by atoms with van der Waals surface area (Å²) < 4.78 is 22.3. The highest BCUT2D eigenvalue weighted by molar-refractivity contribution is 6.29. The maximum atomic E-state index is 14.9. The lowest BCUT2D eigenvalue weighted by Gasteiger charge is -2.43. The lowest BCUT2D eigenvalue weighted by atomic mass is 9.87. The number of phenols is 1. The van der Waals surface area contributed by atoms with Gasteiger partial charge in [-0.15, -0.1) is 11.6 Å². The first-order chi connectivity index (χ1) is 17.3. The topological polar surface area (TPSA) is 108 Å². The van der Waals surface area contributed by atoms with E-state index < -0.39 is 22.9 Å². The molecule has 3 aliphatic rings. The molecule has 1 fully saturated rings. The Labute approximate surface area is 211 Å². The van der Waals surface area contributed by atoms with E-state index in [2.05, 4.69) is 11.6 Å². The van der Waals surface area contributed by atoms with E-state index in [-0.39, 0.29) is 54.2 Å². The lowest BCUT2D eigenvalue weighted by Crippen LogP contribution is -2.55. The van der Waals surface area contributed by atoms with Crippen molar-refractivity contribution in [3.05, 3.63) is 64.0 Å². The Kier molecular flexibility index (Phi) is 6.25. The van der Waals surface area contributed by atoms with E-state index >= 15 is 0 Å². The van der Waals surface area contributed by atoms with Crippen molar-refractivity contribution in [2.75, 3.05) is 37.7 Å². The third-order valence-corrected chi connectivity index (χ3v) is 7.38. The second-order valence-electron chi connectivity index (χ2n) is 9.14. The van der Waals surface area contributed by atoms with Gasteiger partial charge in [0.1, 0.15) is 29.8 Å². The minimum absolute atomic E-state index is 0.0414. The normalized spacial score (nSPS) is 23.3. The van der Waals surface area contributed by atoms with E-state index in [1.54, 1.807) is 4.90 Å². The van der Waals surface area contributed by atoms with Crippen molar-refractivity contribution in [2.45, 2.75) is 30.8 Å². The quantitative estimate of drug-likeness (QED) is 0.472. The van der Waals surface area contributed by atoms with Crippen LogP contribution in [-0.4, -0.2) is 74.8 Å². The number of hydrogen-bond donors (Lipinski definition) is 2. The highest BCUT2D eigenvalue weighted by Gasteiger charge is 2.41. The van der Waals surface area contributed by atoms with Gasteiger partial charge in [0.25, 0.3) is 0 Å². The maximum absolute atomic E-state index is 14.9. The molecule has 1 aliphatic carbocycles. The number of aliphatic hydroxyl groups is 1. The van der Waals surface area contributed by atoms with Crippen LogP contribution in [0.15, 0.2) is 35.6 Å². The Bertz CT molecular complexity index is 1320. The number of carbonyl (C=O) groups excluding carboxylic acids is 1. The highest BCUT2D eigenvalue weighted by Crippen LogP contribution is 2.47. The third-order valence-electron chi connectivity index (χ3n) is 7.00. The molecule has 190 valence electrons. The van der Waals surface area contributed by atoms with Crippen LogP contribution in [0.25, 0.3) is 11.3 Å². The fourth-order valence-electron chi connectivity index (χ4n) is 5.31. The van der Waals surface area contributed by atoms with Crippen molar-refractivity contribution in [2.24, 2.45) is 0 Å². The first kappa shape index (κ1) is 24.3. The van der Waals surface area contributed by atoms with Crippen molar-refractivity contribution in [1.82, 2.24) is 14.5 Å². The maximum Gasteiger partial charge on any atom is 0.350 e. The van der Waals surface area contributed by atoms with Crippen LogP contribution in [0.4, 0.5) is 10.2 Å². The number of rotatable bonds is 4. The molecule has 1 unspecified atom stereocenters. The number of alkyl halides is 1. The summed E-state index contributed by atoms with van der Waals surface area (Å²) >= 11 is 6.82. The number of allylic oxidation sites excluding steroid dienone is 1. The van der Waals surface area contributed by atoms with Gasteiger partial charge in [0.2, 0.25) is 5.91 Å². The summed E-state index contributed by atoms with van der Waals surface area (Å²) in [6, 6.07) is 3.13. The molecule has 2 aromatic rings. The van der Waals surface area contributed by atoms with Crippen molar-refractivity contribution >= 4 is 34.7 Å². The summed E-state index contributed by atoms with van der Waals surface area (Å²) in [4.78, 5) is 33.5. The summed E-state index contributed by atoms with van der Waals surface area (Å²) in [6.07, 6.45) is 1.46. The van der Waals surface area contributed by atoms with Crippen LogP contribution >= 0.6 is 11.6 Å². The van der Waals surface area contributed by atoms with Crippen molar-refractivity contribution < 1.29 is 24.1 Å². The number of nitrogens with zero attached hydrogens (tertiary/aromatic N) is 4. The number of anilines is 1. The SMILES string of the molecule is C=CC(=O)N1CCN(c2nc(=O)n3c4c2CC(Cl)C(c2c(O)cccc2F)=C4OC[C@H]3CO)[C@@H](C)C1. The molecule has 9 nitrogen and oxygen atoms in total. The van der Waals surface area contributed by atoms with Gasteiger partial charge in [-0.05, 0) is 31.6 Å². The van der Waals surface area contributed by atoms with Gasteiger partial charge in [0.05, 0.1) is 29.3 Å². The molecule has 1 saturated heterocycles. The third kappa shape index (κ3) is 3.75. The summed E-state index contributed by atoms with van der Waals surface area (Å²) in [6.45, 7) is 6.35. The molecular formula is C25H26ClFN4O5. The molecule has 1 aromatic carbocycles. The van der Waals surface area contributed by atoms with Gasteiger partial charge in [-0.3, -0.25) is 9.36 Å². The predicted molar refractivity (Wildman–Crippen MR) is 132 cm³/mol. The molecule has 0 radical (unpaired) electrons. The van der Waals surface area contributed by atoms with Gasteiger partial charge in [-0.2, -0.15) is 4.98 Å². The molecule has 0 saturated carbocycles. The average Bonchev–Trinajstić information content (AvgIpc) is 2.86. The Hall–Kier alpha value is -3.37. The fraction of sp³-hybridized carbons (Fsp3) is 0.400. The number of aromatic nitrogens is 2. The smallest absolute Gasteiger partial charge is 0.350 e. The van der Waals surface area contributed by atoms with Gasteiger partial charge < -0.3 is 24.7 Å². The summed E-state index contributed by atoms with van der Waals surface area (Å²) in [7, 11) is 0. The van der Waals surface area contributed by atoms with Crippen LogP contribution in [0.5, 0.6) is 5.75 Å². The van der Waals surface area contributed by atoms with E-state index in [9.17, 15) is 24.2 Å². The monoisotopic (exact) mass is 516 g/mol. The number of carbonyl (C=O) groups is 1. The van der Waals surface area contributed by atoms with Gasteiger partial charge in [-0.1, -0.05) is 12.6 Å². The van der Waals surface area contributed by atoms with Crippen molar-refractivity contribution in [1.29, 1.82) is 0 Å². The Morgan fingerprint density at radius 1 is 1.39 bits per heavy atom. The molecule has 3 heterocycles. The Morgan fingerprint density at radius 3 is 2.83 bits per heavy atom. The molecule has 0 spiro atoms. The second-order valence-corrected chi connectivity index (χ2v) is 9.67. The van der Waals surface area contributed by atoms with Crippen LogP contribution in [0, 0.1) is 5.82 Å². The van der Waals surface area contributed by atoms with Gasteiger partial charge >= 0.3 is 5.69 Å². The second kappa shape index (κ2) is 9.25. The molecule has 5 rings (SSSR count). The largest absolute Gasteiger partial charge is 0.507 e. The summed E-state index contributed by atoms with van der Waals surface area (Å²) in [5.41, 5.74) is 0.601. The fourth-order valence-corrected chi connectivity index (χ4v) is 5.67. The standard InChI is InChI=1S/C25H26ClFN4O5/c1-3-19(34)29-7-8-30(13(2)10-29)24-15-9-16(26)20(21-17(27)5-4-6-18(21)33)23-22(15)31(25(35)28-24)14(11-32)12-36-23/h3-6,13-14,16,32-33H,1,7-12H2,2H3/t13-,14+,16?/m0/s1. The Balaban J connectivity index is 1.71. The first-order valence-electron chi connectivity index (χ1n) is 11.7. The molecule has 3 atom stereocenters. The van der Waals surface area contributed by atoms with Crippen molar-refractivity contribution in [3.63, 3.8) is 0 Å². The number of amides is 1. The minimum Gasteiger partial charge on any atom is -0.507 e. The molecule has 0 bridgehead atoms. The first-order valence-corrected chi connectivity index (χ1v) is 12.1. The Morgan fingerprint density at radius 2 is 2.17 bits per heavy atom. The van der Waals surface area contributed by atoms with Crippen molar-refractivity contribution in [3.8, 4) is 5.75 Å². The molecule has 2 aliphatic heterocycles. The molecular weight excluding hydrogens is 491 g/mol. The number of benzene rings is 1. The molecule has 2 N–H and O–H groups in total. The number of ether oxygens (including phenoxy) is 1. The van der Waals surface area contributed by atoms with E-state index in [4.69, 9.17) is 16.3 Å². The number of phenolic OH excluding ortho intramolecular Hbond substituents is 1.